The molecule has 0 bridgehead atoms. The Morgan fingerprint density at radius 2 is 2.15 bits per heavy atom. The van der Waals surface area contributed by atoms with E-state index in [2.05, 4.69) is 48.8 Å². The van der Waals surface area contributed by atoms with Crippen molar-refractivity contribution in [1.82, 2.24) is 15.2 Å². The van der Waals surface area contributed by atoms with Crippen molar-refractivity contribution in [2.24, 2.45) is 12.9 Å². The summed E-state index contributed by atoms with van der Waals surface area (Å²) in [5.74, 6) is 5.71. The SMILES string of the molecule is Cc1ccc(C)c(CC(CCc2cnn(C)c2)NN)c1. The Labute approximate surface area is 121 Å². The minimum absolute atomic E-state index is 0.288. The van der Waals surface area contributed by atoms with Crippen molar-refractivity contribution >= 4 is 0 Å². The molecule has 20 heavy (non-hydrogen) atoms. The third-order valence-electron chi connectivity index (χ3n) is 3.75. The first-order valence-corrected chi connectivity index (χ1v) is 7.08. The van der Waals surface area contributed by atoms with Gasteiger partial charge in [0.2, 0.25) is 0 Å². The van der Waals surface area contributed by atoms with Crippen molar-refractivity contribution in [3.63, 3.8) is 0 Å². The van der Waals surface area contributed by atoms with Crippen LogP contribution >= 0.6 is 0 Å². The van der Waals surface area contributed by atoms with Gasteiger partial charge >= 0.3 is 0 Å². The number of nitrogens with two attached hydrogens (primary N) is 1. The average molecular weight is 272 g/mol. The van der Waals surface area contributed by atoms with E-state index >= 15 is 0 Å². The molecule has 2 aromatic rings. The lowest BCUT2D eigenvalue weighted by atomic mass is 9.96. The summed E-state index contributed by atoms with van der Waals surface area (Å²) in [6, 6.07) is 6.87. The third-order valence-corrected chi connectivity index (χ3v) is 3.75. The number of hydrogen-bond acceptors (Lipinski definition) is 3. The highest BCUT2D eigenvalue weighted by Gasteiger charge is 2.10. The van der Waals surface area contributed by atoms with Crippen LogP contribution in [0.4, 0.5) is 0 Å². The van der Waals surface area contributed by atoms with E-state index in [9.17, 15) is 0 Å². The van der Waals surface area contributed by atoms with Crippen molar-refractivity contribution in [2.75, 3.05) is 0 Å². The van der Waals surface area contributed by atoms with Crippen LogP contribution in [-0.4, -0.2) is 15.8 Å². The van der Waals surface area contributed by atoms with Gasteiger partial charge in [0.25, 0.3) is 0 Å². The van der Waals surface area contributed by atoms with Gasteiger partial charge in [0, 0.05) is 19.3 Å². The molecule has 0 aliphatic carbocycles. The molecule has 0 spiro atoms. The largest absolute Gasteiger partial charge is 0.276 e. The molecule has 1 unspecified atom stereocenters. The van der Waals surface area contributed by atoms with E-state index in [4.69, 9.17) is 5.84 Å². The molecular formula is C16H24N4. The van der Waals surface area contributed by atoms with E-state index in [1.807, 2.05) is 17.9 Å². The fourth-order valence-electron chi connectivity index (χ4n) is 2.47. The minimum atomic E-state index is 0.288. The van der Waals surface area contributed by atoms with Crippen molar-refractivity contribution in [3.05, 3.63) is 52.8 Å². The molecule has 0 amide bonds. The predicted octanol–water partition coefficient (Wildman–Crippen LogP) is 2.04. The first kappa shape index (κ1) is 14.8. The molecular weight excluding hydrogens is 248 g/mol. The minimum Gasteiger partial charge on any atom is -0.276 e. The average Bonchev–Trinajstić information content (AvgIpc) is 2.84. The number of hydrazine groups is 1. The van der Waals surface area contributed by atoms with E-state index in [0.717, 1.165) is 19.3 Å². The van der Waals surface area contributed by atoms with Crippen LogP contribution in [0.3, 0.4) is 0 Å². The lowest BCUT2D eigenvalue weighted by molar-refractivity contribution is 0.490. The summed E-state index contributed by atoms with van der Waals surface area (Å²) < 4.78 is 1.84. The molecule has 108 valence electrons. The number of nitrogens with one attached hydrogen (secondary N) is 1. The topological polar surface area (TPSA) is 55.9 Å². The highest BCUT2D eigenvalue weighted by atomic mass is 15.2. The van der Waals surface area contributed by atoms with Crippen LogP contribution in [0, 0.1) is 13.8 Å². The van der Waals surface area contributed by atoms with Gasteiger partial charge in [-0.05, 0) is 49.8 Å². The second kappa shape index (κ2) is 6.68. The third kappa shape index (κ3) is 3.92. The summed E-state index contributed by atoms with van der Waals surface area (Å²) in [5, 5.41) is 4.20. The zero-order valence-corrected chi connectivity index (χ0v) is 12.6. The molecule has 1 aromatic heterocycles. The standard InChI is InChI=1S/C16H24N4/c1-12-4-5-13(2)15(8-12)9-16(19-17)7-6-14-10-18-20(3)11-14/h4-5,8,10-11,16,19H,6-7,9,17H2,1-3H3. The lowest BCUT2D eigenvalue weighted by Crippen LogP contribution is -2.37. The molecule has 2 rings (SSSR count). The molecule has 0 saturated carbocycles. The van der Waals surface area contributed by atoms with Crippen LogP contribution in [0.25, 0.3) is 0 Å². The van der Waals surface area contributed by atoms with E-state index in [0.29, 0.717) is 0 Å². The normalized spacial score (nSPS) is 12.6. The number of rotatable bonds is 6. The number of benzene rings is 1. The first-order valence-electron chi connectivity index (χ1n) is 7.08. The van der Waals surface area contributed by atoms with Crippen LogP contribution in [0.1, 0.15) is 28.7 Å². The Morgan fingerprint density at radius 1 is 1.35 bits per heavy atom. The van der Waals surface area contributed by atoms with Gasteiger partial charge in [-0.25, -0.2) is 0 Å². The van der Waals surface area contributed by atoms with Crippen LogP contribution in [-0.2, 0) is 19.9 Å². The maximum Gasteiger partial charge on any atom is 0.0521 e. The van der Waals surface area contributed by atoms with Crippen molar-refractivity contribution in [3.8, 4) is 0 Å². The molecule has 3 N–H and O–H groups in total. The molecule has 0 aliphatic rings. The Hall–Kier alpha value is -1.65. The van der Waals surface area contributed by atoms with E-state index in [1.165, 1.54) is 22.3 Å². The van der Waals surface area contributed by atoms with E-state index in [-0.39, 0.29) is 6.04 Å². The summed E-state index contributed by atoms with van der Waals surface area (Å²) in [5.41, 5.74) is 8.21. The number of aryl methyl sites for hydroxylation is 4. The van der Waals surface area contributed by atoms with Gasteiger partial charge < -0.3 is 0 Å². The second-order valence-electron chi connectivity index (χ2n) is 5.56. The first-order chi connectivity index (χ1) is 9.58. The highest BCUT2D eigenvalue weighted by Crippen LogP contribution is 2.15. The molecule has 0 radical (unpaired) electrons. The highest BCUT2D eigenvalue weighted by molar-refractivity contribution is 5.31. The monoisotopic (exact) mass is 272 g/mol. The summed E-state index contributed by atoms with van der Waals surface area (Å²) >= 11 is 0. The predicted molar refractivity (Wildman–Crippen MR) is 82.3 cm³/mol. The summed E-state index contributed by atoms with van der Waals surface area (Å²) in [6.07, 6.45) is 6.95. The molecule has 0 saturated heterocycles. The number of hydrogen-bond donors (Lipinski definition) is 2. The fourth-order valence-corrected chi connectivity index (χ4v) is 2.47. The maximum atomic E-state index is 5.71. The van der Waals surface area contributed by atoms with Gasteiger partial charge in [0.05, 0.1) is 6.20 Å². The van der Waals surface area contributed by atoms with Gasteiger partial charge in [-0.1, -0.05) is 23.8 Å². The molecule has 1 aromatic carbocycles. The van der Waals surface area contributed by atoms with Crippen molar-refractivity contribution < 1.29 is 0 Å². The fraction of sp³-hybridized carbons (Fsp3) is 0.438. The quantitative estimate of drug-likeness (QED) is 0.625. The zero-order valence-electron chi connectivity index (χ0n) is 12.6. The molecule has 1 heterocycles. The van der Waals surface area contributed by atoms with Crippen LogP contribution < -0.4 is 11.3 Å². The van der Waals surface area contributed by atoms with Gasteiger partial charge in [-0.2, -0.15) is 5.10 Å². The van der Waals surface area contributed by atoms with Gasteiger partial charge in [0.1, 0.15) is 0 Å². The zero-order chi connectivity index (χ0) is 14.5. The van der Waals surface area contributed by atoms with Crippen molar-refractivity contribution in [2.45, 2.75) is 39.2 Å². The molecule has 0 aliphatic heterocycles. The van der Waals surface area contributed by atoms with Gasteiger partial charge in [-0.3, -0.25) is 16.0 Å². The Morgan fingerprint density at radius 3 is 2.80 bits per heavy atom. The Bertz CT molecular complexity index is 559. The van der Waals surface area contributed by atoms with Crippen LogP contribution in [0.2, 0.25) is 0 Å². The number of aromatic nitrogens is 2. The lowest BCUT2D eigenvalue weighted by Gasteiger charge is -2.17. The second-order valence-corrected chi connectivity index (χ2v) is 5.56. The molecule has 4 heteroatoms. The van der Waals surface area contributed by atoms with Crippen molar-refractivity contribution in [1.29, 1.82) is 0 Å². The molecule has 1 atom stereocenters. The Balaban J connectivity index is 1.96. The van der Waals surface area contributed by atoms with E-state index < -0.39 is 0 Å². The van der Waals surface area contributed by atoms with Gasteiger partial charge in [-0.15, -0.1) is 0 Å². The van der Waals surface area contributed by atoms with E-state index in [1.54, 1.807) is 0 Å². The number of nitrogens with zero attached hydrogens (tertiary/aromatic N) is 2. The summed E-state index contributed by atoms with van der Waals surface area (Å²) in [6.45, 7) is 4.28. The van der Waals surface area contributed by atoms with Crippen LogP contribution in [0.15, 0.2) is 30.6 Å². The molecule has 4 nitrogen and oxygen atoms in total. The van der Waals surface area contributed by atoms with Crippen LogP contribution in [0.5, 0.6) is 0 Å². The summed E-state index contributed by atoms with van der Waals surface area (Å²) in [7, 11) is 1.94. The smallest absolute Gasteiger partial charge is 0.0521 e. The van der Waals surface area contributed by atoms with Gasteiger partial charge in [0.15, 0.2) is 0 Å². The maximum absolute atomic E-state index is 5.71. The summed E-state index contributed by atoms with van der Waals surface area (Å²) in [4.78, 5) is 0. The molecule has 0 fully saturated rings. The Kier molecular flexibility index (Phi) is 4.93.